The van der Waals surface area contributed by atoms with Gasteiger partial charge < -0.3 is 5.32 Å². The lowest BCUT2D eigenvalue weighted by atomic mass is 10.3. The standard InChI is InChI=1S/C17H17N7OS2/c1-11-21-22-17-24(11)23-15(27-17)5-4-14(25)19-8-6-13-10-26-16(20-13)12-3-2-7-18-9-12/h2-3,7,9-10H,4-6,8H2,1H3,(H,19,25). The smallest absolute Gasteiger partial charge is 0.234 e. The molecule has 0 aliphatic carbocycles. The molecule has 0 atom stereocenters. The molecule has 138 valence electrons. The Morgan fingerprint density at radius 1 is 1.30 bits per heavy atom. The molecule has 0 aromatic carbocycles. The van der Waals surface area contributed by atoms with E-state index in [1.165, 1.54) is 11.3 Å². The Morgan fingerprint density at radius 3 is 3.04 bits per heavy atom. The van der Waals surface area contributed by atoms with Crippen LogP contribution in [0.1, 0.15) is 22.9 Å². The fourth-order valence-electron chi connectivity index (χ4n) is 2.54. The molecule has 8 nitrogen and oxygen atoms in total. The average molecular weight is 400 g/mol. The molecule has 0 spiro atoms. The molecular weight excluding hydrogens is 382 g/mol. The van der Waals surface area contributed by atoms with Crippen LogP contribution in [0.4, 0.5) is 0 Å². The molecule has 0 saturated heterocycles. The third-order valence-electron chi connectivity index (χ3n) is 3.92. The van der Waals surface area contributed by atoms with E-state index in [0.29, 0.717) is 25.8 Å². The maximum atomic E-state index is 12.1. The van der Waals surface area contributed by atoms with Crippen molar-refractivity contribution in [1.82, 2.24) is 35.1 Å². The highest BCUT2D eigenvalue weighted by Crippen LogP contribution is 2.22. The maximum absolute atomic E-state index is 12.1. The van der Waals surface area contributed by atoms with E-state index < -0.39 is 0 Å². The molecular formula is C17H17N7OS2. The summed E-state index contributed by atoms with van der Waals surface area (Å²) in [7, 11) is 0. The van der Waals surface area contributed by atoms with Gasteiger partial charge in [0.05, 0.1) is 5.69 Å². The Morgan fingerprint density at radius 2 is 2.22 bits per heavy atom. The lowest BCUT2D eigenvalue weighted by molar-refractivity contribution is -0.121. The lowest BCUT2D eigenvalue weighted by Crippen LogP contribution is -2.25. The molecule has 0 saturated carbocycles. The number of nitrogens with one attached hydrogen (secondary N) is 1. The van der Waals surface area contributed by atoms with E-state index in [0.717, 1.165) is 32.1 Å². The number of rotatable bonds is 7. The number of hydrogen-bond donors (Lipinski definition) is 1. The van der Waals surface area contributed by atoms with Crippen LogP contribution in [0.2, 0.25) is 0 Å². The molecule has 0 aliphatic rings. The summed E-state index contributed by atoms with van der Waals surface area (Å²) in [6.45, 7) is 2.42. The number of carbonyl (C=O) groups excluding carboxylic acids is 1. The summed E-state index contributed by atoms with van der Waals surface area (Å²) in [5.41, 5.74) is 1.99. The van der Waals surface area contributed by atoms with Crippen LogP contribution in [0.3, 0.4) is 0 Å². The second-order valence-electron chi connectivity index (χ2n) is 5.92. The van der Waals surface area contributed by atoms with Gasteiger partial charge in [0.1, 0.15) is 10.0 Å². The summed E-state index contributed by atoms with van der Waals surface area (Å²) in [5, 5.41) is 19.2. The van der Waals surface area contributed by atoms with Crippen molar-refractivity contribution in [1.29, 1.82) is 0 Å². The summed E-state index contributed by atoms with van der Waals surface area (Å²) in [6, 6.07) is 3.89. The normalized spacial score (nSPS) is 11.1. The van der Waals surface area contributed by atoms with Crippen LogP contribution in [0, 0.1) is 6.92 Å². The second kappa shape index (κ2) is 7.89. The van der Waals surface area contributed by atoms with E-state index in [-0.39, 0.29) is 5.91 Å². The van der Waals surface area contributed by atoms with Crippen molar-refractivity contribution in [3.05, 3.63) is 46.4 Å². The molecule has 10 heteroatoms. The fourth-order valence-corrected chi connectivity index (χ4v) is 4.26. The number of fused-ring (bicyclic) bond motifs is 1. The number of thiazole rings is 1. The van der Waals surface area contributed by atoms with Crippen LogP contribution >= 0.6 is 22.7 Å². The average Bonchev–Trinajstić information content (AvgIpc) is 3.39. The zero-order valence-corrected chi connectivity index (χ0v) is 16.3. The number of aromatic nitrogens is 6. The van der Waals surface area contributed by atoms with E-state index >= 15 is 0 Å². The highest BCUT2D eigenvalue weighted by Gasteiger charge is 2.11. The summed E-state index contributed by atoms with van der Waals surface area (Å²) in [6.07, 6.45) is 5.26. The van der Waals surface area contributed by atoms with Gasteiger partial charge in [0, 0.05) is 49.1 Å². The first-order chi connectivity index (χ1) is 13.2. The lowest BCUT2D eigenvalue weighted by Gasteiger charge is -2.02. The van der Waals surface area contributed by atoms with Crippen LogP contribution in [0.15, 0.2) is 29.9 Å². The van der Waals surface area contributed by atoms with Gasteiger partial charge in [-0.1, -0.05) is 11.3 Å². The first kappa shape index (κ1) is 17.7. The maximum Gasteiger partial charge on any atom is 0.234 e. The van der Waals surface area contributed by atoms with Crippen molar-refractivity contribution in [3.63, 3.8) is 0 Å². The Labute approximate surface area is 163 Å². The molecule has 0 aliphatic heterocycles. The number of hydrogen-bond acceptors (Lipinski definition) is 8. The molecule has 0 bridgehead atoms. The van der Waals surface area contributed by atoms with Gasteiger partial charge in [-0.05, 0) is 19.1 Å². The van der Waals surface area contributed by atoms with Crippen LogP contribution in [-0.2, 0) is 17.6 Å². The van der Waals surface area contributed by atoms with E-state index in [2.05, 4.69) is 30.6 Å². The van der Waals surface area contributed by atoms with Crippen LogP contribution in [-0.4, -0.2) is 42.2 Å². The summed E-state index contributed by atoms with van der Waals surface area (Å²) in [5.74, 6) is 0.770. The predicted molar refractivity (Wildman–Crippen MR) is 104 cm³/mol. The molecule has 0 fully saturated rings. The van der Waals surface area contributed by atoms with Crippen molar-refractivity contribution in [2.75, 3.05) is 6.54 Å². The number of aryl methyl sites for hydroxylation is 2. The molecule has 1 amide bonds. The zero-order valence-electron chi connectivity index (χ0n) is 14.6. The highest BCUT2D eigenvalue weighted by molar-refractivity contribution is 7.16. The van der Waals surface area contributed by atoms with E-state index in [9.17, 15) is 4.79 Å². The Bertz CT molecular complexity index is 1050. The number of carbonyl (C=O) groups is 1. The molecule has 27 heavy (non-hydrogen) atoms. The van der Waals surface area contributed by atoms with E-state index in [4.69, 9.17) is 0 Å². The van der Waals surface area contributed by atoms with Crippen molar-refractivity contribution < 1.29 is 4.79 Å². The van der Waals surface area contributed by atoms with Gasteiger partial charge in [-0.3, -0.25) is 9.78 Å². The van der Waals surface area contributed by atoms with Crippen LogP contribution in [0.5, 0.6) is 0 Å². The van der Waals surface area contributed by atoms with E-state index in [1.807, 2.05) is 24.4 Å². The molecule has 1 N–H and O–H groups in total. The van der Waals surface area contributed by atoms with Gasteiger partial charge in [0.15, 0.2) is 5.82 Å². The third-order valence-corrected chi connectivity index (χ3v) is 5.82. The molecule has 4 aromatic heterocycles. The Kier molecular flexibility index (Phi) is 5.16. The van der Waals surface area contributed by atoms with Gasteiger partial charge in [0.25, 0.3) is 0 Å². The predicted octanol–water partition coefficient (Wildman–Crippen LogP) is 2.30. The minimum absolute atomic E-state index is 0.0143. The Balaban J connectivity index is 1.23. The van der Waals surface area contributed by atoms with Crippen molar-refractivity contribution in [3.8, 4) is 10.6 Å². The summed E-state index contributed by atoms with van der Waals surface area (Å²) >= 11 is 3.05. The molecule has 0 unspecified atom stereocenters. The summed E-state index contributed by atoms with van der Waals surface area (Å²) in [4.78, 5) is 21.5. The SMILES string of the molecule is Cc1nnc2sc(CCC(=O)NCCc3csc(-c4cccnc4)n3)nn12. The molecule has 0 radical (unpaired) electrons. The quantitative estimate of drug-likeness (QED) is 0.512. The topological polar surface area (TPSA) is 98.0 Å². The monoisotopic (exact) mass is 399 g/mol. The fraction of sp³-hybridized carbons (Fsp3) is 0.294. The molecule has 4 aromatic rings. The third kappa shape index (κ3) is 4.17. The number of amides is 1. The van der Waals surface area contributed by atoms with Crippen molar-refractivity contribution in [2.24, 2.45) is 0 Å². The van der Waals surface area contributed by atoms with Gasteiger partial charge in [0.2, 0.25) is 10.9 Å². The first-order valence-corrected chi connectivity index (χ1v) is 10.2. The van der Waals surface area contributed by atoms with Gasteiger partial charge in [-0.2, -0.15) is 9.61 Å². The zero-order chi connectivity index (χ0) is 18.6. The van der Waals surface area contributed by atoms with Crippen molar-refractivity contribution >= 4 is 33.5 Å². The Hall–Kier alpha value is -2.72. The van der Waals surface area contributed by atoms with Crippen LogP contribution < -0.4 is 5.32 Å². The minimum Gasteiger partial charge on any atom is -0.356 e. The largest absolute Gasteiger partial charge is 0.356 e. The number of pyridine rings is 1. The van der Waals surface area contributed by atoms with Gasteiger partial charge >= 0.3 is 0 Å². The first-order valence-electron chi connectivity index (χ1n) is 8.48. The number of nitrogens with zero attached hydrogens (tertiary/aromatic N) is 6. The molecule has 4 rings (SSSR count). The van der Waals surface area contributed by atoms with Gasteiger partial charge in [-0.25, -0.2) is 4.98 Å². The van der Waals surface area contributed by atoms with Crippen LogP contribution in [0.25, 0.3) is 15.5 Å². The van der Waals surface area contributed by atoms with E-state index in [1.54, 1.807) is 28.2 Å². The summed E-state index contributed by atoms with van der Waals surface area (Å²) < 4.78 is 1.71. The van der Waals surface area contributed by atoms with Crippen molar-refractivity contribution in [2.45, 2.75) is 26.2 Å². The van der Waals surface area contributed by atoms with Gasteiger partial charge in [-0.15, -0.1) is 21.5 Å². The minimum atomic E-state index is 0.0143. The second-order valence-corrected chi connectivity index (χ2v) is 7.82. The highest BCUT2D eigenvalue weighted by atomic mass is 32.1. The molecule has 4 heterocycles.